The third-order valence-corrected chi connectivity index (χ3v) is 3.60. The van der Waals surface area contributed by atoms with Crippen LogP contribution in [-0.4, -0.2) is 28.7 Å². The number of rotatable bonds is 6. The van der Waals surface area contributed by atoms with Gasteiger partial charge in [0.05, 0.1) is 6.54 Å². The fraction of sp³-hybridized carbons (Fsp3) is 0.438. The molecule has 1 aromatic carbocycles. The highest BCUT2D eigenvalue weighted by Gasteiger charge is 2.22. The summed E-state index contributed by atoms with van der Waals surface area (Å²) >= 11 is 0. The van der Waals surface area contributed by atoms with E-state index >= 15 is 0 Å². The first-order valence-electron chi connectivity index (χ1n) is 7.51. The van der Waals surface area contributed by atoms with E-state index in [9.17, 15) is 4.79 Å². The van der Waals surface area contributed by atoms with Gasteiger partial charge in [0.25, 0.3) is 0 Å². The smallest absolute Gasteiger partial charge is 0.226 e. The Morgan fingerprint density at radius 2 is 2.27 bits per heavy atom. The average Bonchev–Trinajstić information content (AvgIpc) is 3.11. The lowest BCUT2D eigenvalue weighted by molar-refractivity contribution is -0.121. The van der Waals surface area contributed by atoms with Gasteiger partial charge in [0, 0.05) is 19.3 Å². The van der Waals surface area contributed by atoms with E-state index in [1.807, 2.05) is 18.2 Å². The second-order valence-electron chi connectivity index (χ2n) is 5.44. The maximum Gasteiger partial charge on any atom is 0.226 e. The normalized spacial score (nSPS) is 16.1. The van der Waals surface area contributed by atoms with Crippen LogP contribution in [0.15, 0.2) is 28.8 Å². The summed E-state index contributed by atoms with van der Waals surface area (Å²) in [7, 11) is 0. The van der Waals surface area contributed by atoms with Crippen LogP contribution in [0.2, 0.25) is 0 Å². The molecule has 0 fully saturated rings. The number of hydrogen-bond acceptors (Lipinski definition) is 5. The van der Waals surface area contributed by atoms with Gasteiger partial charge < -0.3 is 14.6 Å². The van der Waals surface area contributed by atoms with E-state index in [1.165, 1.54) is 5.56 Å². The van der Waals surface area contributed by atoms with Crippen LogP contribution in [0.3, 0.4) is 0 Å². The number of nitrogens with zero attached hydrogens (tertiary/aromatic N) is 2. The van der Waals surface area contributed by atoms with Crippen molar-refractivity contribution in [1.29, 1.82) is 0 Å². The monoisotopic (exact) mass is 301 g/mol. The summed E-state index contributed by atoms with van der Waals surface area (Å²) in [6.45, 7) is 2.31. The molecular formula is C16H19N3O3. The molecule has 0 bridgehead atoms. The first kappa shape index (κ1) is 14.6. The predicted molar refractivity (Wildman–Crippen MR) is 79.5 cm³/mol. The summed E-state index contributed by atoms with van der Waals surface area (Å²) in [6.07, 6.45) is 2.64. The highest BCUT2D eigenvalue weighted by atomic mass is 16.5. The van der Waals surface area contributed by atoms with Crippen molar-refractivity contribution in [1.82, 2.24) is 15.5 Å². The molecule has 0 aliphatic carbocycles. The number of amides is 1. The highest BCUT2D eigenvalue weighted by Crippen LogP contribution is 2.27. The minimum Gasteiger partial charge on any atom is -0.488 e. The molecule has 1 aliphatic rings. The number of aryl methyl sites for hydroxylation is 2. The van der Waals surface area contributed by atoms with Crippen LogP contribution in [0.4, 0.5) is 0 Å². The van der Waals surface area contributed by atoms with Gasteiger partial charge >= 0.3 is 0 Å². The second kappa shape index (κ2) is 6.60. The number of para-hydroxylation sites is 1. The first-order chi connectivity index (χ1) is 10.7. The van der Waals surface area contributed by atoms with E-state index in [-0.39, 0.29) is 12.0 Å². The number of carbonyl (C=O) groups is 1. The molecule has 1 amide bonds. The van der Waals surface area contributed by atoms with E-state index < -0.39 is 0 Å². The van der Waals surface area contributed by atoms with Crippen LogP contribution in [0.1, 0.15) is 30.1 Å². The minimum atomic E-state index is 0.0239. The minimum absolute atomic E-state index is 0.0239. The van der Waals surface area contributed by atoms with Crippen molar-refractivity contribution in [2.24, 2.45) is 0 Å². The number of nitrogens with one attached hydrogen (secondary N) is 1. The summed E-state index contributed by atoms with van der Waals surface area (Å²) in [5.41, 5.74) is 1.20. The summed E-state index contributed by atoms with van der Waals surface area (Å²) in [6, 6.07) is 7.98. The van der Waals surface area contributed by atoms with Gasteiger partial charge in [-0.3, -0.25) is 4.79 Å². The standard InChI is InChI=1S/C16H19N3O3/c1-11-18-16(22-19-11)8-4-7-15(20)17-10-13-9-12-5-2-3-6-14(12)21-13/h2-3,5-6,13H,4,7-10H2,1H3,(H,17,20)/t13-/m0/s1. The van der Waals surface area contributed by atoms with Crippen LogP contribution in [0.5, 0.6) is 5.75 Å². The van der Waals surface area contributed by atoms with Crippen molar-refractivity contribution in [3.8, 4) is 5.75 Å². The van der Waals surface area contributed by atoms with E-state index in [4.69, 9.17) is 9.26 Å². The van der Waals surface area contributed by atoms with Crippen molar-refractivity contribution < 1.29 is 14.1 Å². The Balaban J connectivity index is 1.35. The summed E-state index contributed by atoms with van der Waals surface area (Å²) in [5.74, 6) is 2.15. The molecule has 6 nitrogen and oxygen atoms in total. The third kappa shape index (κ3) is 3.63. The van der Waals surface area contributed by atoms with Crippen LogP contribution < -0.4 is 10.1 Å². The quantitative estimate of drug-likeness (QED) is 0.880. The number of carbonyl (C=O) groups excluding carboxylic acids is 1. The van der Waals surface area contributed by atoms with E-state index in [0.717, 1.165) is 12.2 Å². The van der Waals surface area contributed by atoms with Gasteiger partial charge in [0.2, 0.25) is 11.8 Å². The molecule has 1 N–H and O–H groups in total. The zero-order valence-electron chi connectivity index (χ0n) is 12.5. The Morgan fingerprint density at radius 1 is 1.41 bits per heavy atom. The van der Waals surface area contributed by atoms with Crippen molar-refractivity contribution in [3.63, 3.8) is 0 Å². The maximum atomic E-state index is 11.8. The predicted octanol–water partition coefficient (Wildman–Crippen LogP) is 1.82. The maximum absolute atomic E-state index is 11.8. The Morgan fingerprint density at radius 3 is 3.05 bits per heavy atom. The lowest BCUT2D eigenvalue weighted by Gasteiger charge is -2.11. The van der Waals surface area contributed by atoms with Gasteiger partial charge in [-0.05, 0) is 25.0 Å². The second-order valence-corrected chi connectivity index (χ2v) is 5.44. The average molecular weight is 301 g/mol. The van der Waals surface area contributed by atoms with Gasteiger partial charge in [-0.2, -0.15) is 4.98 Å². The molecule has 22 heavy (non-hydrogen) atoms. The lowest BCUT2D eigenvalue weighted by atomic mass is 10.1. The SMILES string of the molecule is Cc1noc(CCCC(=O)NC[C@@H]2Cc3ccccc3O2)n1. The molecule has 1 aliphatic heterocycles. The molecule has 0 saturated heterocycles. The fourth-order valence-electron chi connectivity index (χ4n) is 2.53. The molecule has 0 spiro atoms. The van der Waals surface area contributed by atoms with Gasteiger partial charge in [0.1, 0.15) is 11.9 Å². The first-order valence-corrected chi connectivity index (χ1v) is 7.51. The van der Waals surface area contributed by atoms with Crippen molar-refractivity contribution in [3.05, 3.63) is 41.5 Å². The number of ether oxygens (including phenoxy) is 1. The topological polar surface area (TPSA) is 77.2 Å². The van der Waals surface area contributed by atoms with Gasteiger partial charge in [-0.25, -0.2) is 0 Å². The molecule has 1 atom stereocenters. The molecule has 2 aromatic rings. The number of benzene rings is 1. The number of aromatic nitrogens is 2. The highest BCUT2D eigenvalue weighted by molar-refractivity contribution is 5.75. The van der Waals surface area contributed by atoms with Gasteiger partial charge in [-0.15, -0.1) is 0 Å². The van der Waals surface area contributed by atoms with E-state index in [0.29, 0.717) is 37.5 Å². The van der Waals surface area contributed by atoms with Crippen LogP contribution in [0, 0.1) is 6.92 Å². The molecule has 1 aromatic heterocycles. The zero-order valence-corrected chi connectivity index (χ0v) is 12.5. The number of hydrogen-bond donors (Lipinski definition) is 1. The lowest BCUT2D eigenvalue weighted by Crippen LogP contribution is -2.34. The summed E-state index contributed by atoms with van der Waals surface area (Å²) in [4.78, 5) is 15.9. The van der Waals surface area contributed by atoms with E-state index in [1.54, 1.807) is 6.92 Å². The van der Waals surface area contributed by atoms with Crippen LogP contribution in [-0.2, 0) is 17.6 Å². The molecular weight excluding hydrogens is 282 g/mol. The molecule has 116 valence electrons. The van der Waals surface area contributed by atoms with Gasteiger partial charge in [0.15, 0.2) is 5.82 Å². The van der Waals surface area contributed by atoms with Gasteiger partial charge in [-0.1, -0.05) is 23.4 Å². The number of fused-ring (bicyclic) bond motifs is 1. The molecule has 0 saturated carbocycles. The molecule has 0 unspecified atom stereocenters. The molecule has 6 heteroatoms. The van der Waals surface area contributed by atoms with E-state index in [2.05, 4.69) is 21.5 Å². The Labute approximate surface area is 128 Å². The Kier molecular flexibility index (Phi) is 4.37. The summed E-state index contributed by atoms with van der Waals surface area (Å²) in [5, 5.41) is 6.64. The third-order valence-electron chi connectivity index (χ3n) is 3.60. The Hall–Kier alpha value is -2.37. The molecule has 0 radical (unpaired) electrons. The molecule has 2 heterocycles. The van der Waals surface area contributed by atoms with Crippen molar-refractivity contribution in [2.45, 2.75) is 38.7 Å². The molecule has 3 rings (SSSR count). The Bertz CT molecular complexity index is 629. The van der Waals surface area contributed by atoms with Crippen molar-refractivity contribution in [2.75, 3.05) is 6.54 Å². The van der Waals surface area contributed by atoms with Crippen LogP contribution in [0.25, 0.3) is 0 Å². The van der Waals surface area contributed by atoms with Crippen molar-refractivity contribution >= 4 is 5.91 Å². The fourth-order valence-corrected chi connectivity index (χ4v) is 2.53. The summed E-state index contributed by atoms with van der Waals surface area (Å²) < 4.78 is 10.8. The largest absolute Gasteiger partial charge is 0.488 e. The van der Waals surface area contributed by atoms with Crippen LogP contribution >= 0.6 is 0 Å². The zero-order chi connectivity index (χ0) is 15.4.